The van der Waals surface area contributed by atoms with Crippen molar-refractivity contribution in [2.24, 2.45) is 0 Å². The van der Waals surface area contributed by atoms with Gasteiger partial charge in [-0.05, 0) is 81.7 Å². The Morgan fingerprint density at radius 3 is 1.54 bits per heavy atom. The summed E-state index contributed by atoms with van der Waals surface area (Å²) in [7, 11) is 0. The Morgan fingerprint density at radius 1 is 0.296 bits per heavy atom. The summed E-state index contributed by atoms with van der Waals surface area (Å²) in [6.45, 7) is 0. The molecule has 0 radical (unpaired) electrons. The lowest BCUT2D eigenvalue weighted by atomic mass is 9.94. The van der Waals surface area contributed by atoms with Gasteiger partial charge >= 0.3 is 0 Å². The highest BCUT2D eigenvalue weighted by Crippen LogP contribution is 2.49. The molecule has 0 aliphatic rings. The number of hydrogen-bond acceptors (Lipinski definition) is 1. The van der Waals surface area contributed by atoms with Gasteiger partial charge in [-0.25, -0.2) is 0 Å². The van der Waals surface area contributed by atoms with Crippen molar-refractivity contribution in [2.45, 2.75) is 0 Å². The smallest absolute Gasteiger partial charge is 0.0562 e. The van der Waals surface area contributed by atoms with Crippen molar-refractivity contribution in [1.29, 1.82) is 0 Å². The summed E-state index contributed by atoms with van der Waals surface area (Å²) in [5, 5.41) is 4.82. The summed E-state index contributed by atoms with van der Waals surface area (Å²) in [5.74, 6) is 0. The molecule has 0 aliphatic heterocycles. The first-order valence-corrected chi connectivity index (χ1v) is 18.5. The lowest BCUT2D eigenvalue weighted by molar-refractivity contribution is 1.18. The molecule has 0 unspecified atom stereocenters. The van der Waals surface area contributed by atoms with Gasteiger partial charge in [-0.3, -0.25) is 0 Å². The molecule has 0 bridgehead atoms. The van der Waals surface area contributed by atoms with Crippen LogP contribution in [-0.2, 0) is 0 Å². The van der Waals surface area contributed by atoms with Crippen LogP contribution in [0.15, 0.2) is 218 Å². The van der Waals surface area contributed by atoms with Gasteiger partial charge in [0.15, 0.2) is 0 Å². The van der Waals surface area contributed by atoms with Crippen molar-refractivity contribution in [3.8, 4) is 39.1 Å². The number of benzene rings is 9. The van der Waals surface area contributed by atoms with Gasteiger partial charge in [-0.2, -0.15) is 0 Å². The summed E-state index contributed by atoms with van der Waals surface area (Å²) >= 11 is 0. The van der Waals surface area contributed by atoms with Gasteiger partial charge in [0.1, 0.15) is 0 Å². The molecule has 0 N–H and O–H groups in total. The number of aromatic nitrogens is 1. The van der Waals surface area contributed by atoms with Gasteiger partial charge < -0.3 is 9.47 Å². The van der Waals surface area contributed by atoms with E-state index in [1.807, 2.05) is 0 Å². The monoisotopic (exact) mass is 688 g/mol. The summed E-state index contributed by atoms with van der Waals surface area (Å²) < 4.78 is 2.40. The molecule has 1 aromatic heterocycles. The molecule has 254 valence electrons. The molecule has 0 saturated carbocycles. The maximum Gasteiger partial charge on any atom is 0.0562 e. The Bertz CT molecular complexity index is 2910. The van der Waals surface area contributed by atoms with Crippen LogP contribution < -0.4 is 4.90 Å². The van der Waals surface area contributed by atoms with E-state index in [4.69, 9.17) is 0 Å². The summed E-state index contributed by atoms with van der Waals surface area (Å²) in [5.41, 5.74) is 14.0. The van der Waals surface area contributed by atoms with Gasteiger partial charge in [0, 0.05) is 27.4 Å². The van der Waals surface area contributed by atoms with Crippen LogP contribution in [0, 0.1) is 0 Å². The Hall–Kier alpha value is -7.16. The standard InChI is InChI=1S/C52H36N2/c1-5-18-37(19-6-1)40-32-34-49(46(36-40)39-22-9-3-10-23-39)54(48-35-33-42(38-20-7-2-8-21-38)43-26-13-14-27-44(43)48)51-31-17-30-50-52(51)45-28-15-16-29-47(45)53(50)41-24-11-4-12-25-41/h1-36H. The highest BCUT2D eigenvalue weighted by atomic mass is 15.2. The molecule has 0 saturated heterocycles. The van der Waals surface area contributed by atoms with E-state index in [0.29, 0.717) is 0 Å². The van der Waals surface area contributed by atoms with E-state index in [1.165, 1.54) is 54.9 Å². The van der Waals surface area contributed by atoms with Crippen molar-refractivity contribution in [3.63, 3.8) is 0 Å². The third-order valence-electron chi connectivity index (χ3n) is 10.6. The van der Waals surface area contributed by atoms with Crippen molar-refractivity contribution in [1.82, 2.24) is 4.57 Å². The van der Waals surface area contributed by atoms with E-state index in [9.17, 15) is 0 Å². The molecule has 10 rings (SSSR count). The molecular formula is C52H36N2. The Morgan fingerprint density at radius 2 is 0.833 bits per heavy atom. The van der Waals surface area contributed by atoms with E-state index in [2.05, 4.69) is 228 Å². The third-order valence-corrected chi connectivity index (χ3v) is 10.6. The quantitative estimate of drug-likeness (QED) is 0.162. The molecule has 9 aromatic carbocycles. The number of anilines is 3. The van der Waals surface area contributed by atoms with Gasteiger partial charge in [-0.1, -0.05) is 170 Å². The molecule has 0 fully saturated rings. The van der Waals surface area contributed by atoms with Crippen LogP contribution in [0.4, 0.5) is 17.1 Å². The summed E-state index contributed by atoms with van der Waals surface area (Å²) in [4.78, 5) is 2.51. The van der Waals surface area contributed by atoms with Crippen LogP contribution in [0.3, 0.4) is 0 Å². The first-order chi connectivity index (χ1) is 26.8. The first-order valence-electron chi connectivity index (χ1n) is 18.5. The fourth-order valence-corrected chi connectivity index (χ4v) is 8.17. The SMILES string of the molecule is c1ccc(-c2ccc(N(c3ccc(-c4ccccc4)c4ccccc34)c3cccc4c3c3ccccc3n4-c3ccccc3)c(-c3ccccc3)c2)cc1. The number of nitrogens with zero attached hydrogens (tertiary/aromatic N) is 2. The molecule has 2 nitrogen and oxygen atoms in total. The predicted octanol–water partition coefficient (Wildman–Crippen LogP) is 14.4. The molecule has 0 amide bonds. The number of hydrogen-bond donors (Lipinski definition) is 0. The third kappa shape index (κ3) is 5.36. The van der Waals surface area contributed by atoms with E-state index in [1.54, 1.807) is 0 Å². The van der Waals surface area contributed by atoms with E-state index < -0.39 is 0 Å². The maximum absolute atomic E-state index is 2.51. The molecule has 0 spiro atoms. The number of fused-ring (bicyclic) bond motifs is 4. The average molecular weight is 689 g/mol. The largest absolute Gasteiger partial charge is 0.309 e. The number of rotatable bonds is 7. The molecule has 10 aromatic rings. The van der Waals surface area contributed by atoms with Crippen LogP contribution in [0.5, 0.6) is 0 Å². The van der Waals surface area contributed by atoms with Crippen molar-refractivity contribution in [2.75, 3.05) is 4.90 Å². The minimum atomic E-state index is 1.11. The zero-order chi connectivity index (χ0) is 35.8. The highest BCUT2D eigenvalue weighted by molar-refractivity contribution is 6.18. The molecule has 0 atom stereocenters. The lowest BCUT2D eigenvalue weighted by Crippen LogP contribution is -2.12. The van der Waals surface area contributed by atoms with Crippen LogP contribution in [0.2, 0.25) is 0 Å². The molecule has 54 heavy (non-hydrogen) atoms. The second-order valence-electron chi connectivity index (χ2n) is 13.7. The molecule has 1 heterocycles. The van der Waals surface area contributed by atoms with Crippen LogP contribution in [0.1, 0.15) is 0 Å². The van der Waals surface area contributed by atoms with Crippen molar-refractivity contribution in [3.05, 3.63) is 218 Å². The second kappa shape index (κ2) is 13.4. The van der Waals surface area contributed by atoms with E-state index >= 15 is 0 Å². The van der Waals surface area contributed by atoms with Crippen molar-refractivity contribution < 1.29 is 0 Å². The van der Waals surface area contributed by atoms with Crippen molar-refractivity contribution >= 4 is 49.6 Å². The second-order valence-corrected chi connectivity index (χ2v) is 13.7. The van der Waals surface area contributed by atoms with Crippen LogP contribution in [-0.4, -0.2) is 4.57 Å². The normalized spacial score (nSPS) is 11.3. The molecule has 2 heteroatoms. The van der Waals surface area contributed by atoms with Crippen LogP contribution >= 0.6 is 0 Å². The van der Waals surface area contributed by atoms with Gasteiger partial charge in [0.05, 0.1) is 28.1 Å². The first kappa shape index (κ1) is 31.6. The maximum atomic E-state index is 2.51. The fraction of sp³-hybridized carbons (Fsp3) is 0. The highest BCUT2D eigenvalue weighted by Gasteiger charge is 2.25. The Balaban J connectivity index is 1.33. The lowest BCUT2D eigenvalue weighted by Gasteiger charge is -2.30. The van der Waals surface area contributed by atoms with Gasteiger partial charge in [-0.15, -0.1) is 0 Å². The van der Waals surface area contributed by atoms with E-state index in [-0.39, 0.29) is 0 Å². The molecular weight excluding hydrogens is 653 g/mol. The predicted molar refractivity (Wildman–Crippen MR) is 229 cm³/mol. The minimum Gasteiger partial charge on any atom is -0.309 e. The Kier molecular flexibility index (Phi) is 7.85. The zero-order valence-corrected chi connectivity index (χ0v) is 29.7. The fourth-order valence-electron chi connectivity index (χ4n) is 8.17. The summed E-state index contributed by atoms with van der Waals surface area (Å²) in [6.07, 6.45) is 0. The van der Waals surface area contributed by atoms with Gasteiger partial charge in [0.2, 0.25) is 0 Å². The topological polar surface area (TPSA) is 8.17 Å². The average Bonchev–Trinajstić information content (AvgIpc) is 3.60. The van der Waals surface area contributed by atoms with Crippen LogP contribution in [0.25, 0.3) is 71.6 Å². The summed E-state index contributed by atoms with van der Waals surface area (Å²) in [6, 6.07) is 79.0. The van der Waals surface area contributed by atoms with E-state index in [0.717, 1.165) is 33.8 Å². The Labute approximate surface area is 315 Å². The zero-order valence-electron chi connectivity index (χ0n) is 29.7. The molecule has 0 aliphatic carbocycles. The number of para-hydroxylation sites is 2. The van der Waals surface area contributed by atoms with Gasteiger partial charge in [0.25, 0.3) is 0 Å². The minimum absolute atomic E-state index is 1.11.